The molecule has 0 aliphatic heterocycles. The third-order valence-electron chi connectivity index (χ3n) is 4.92. The van der Waals surface area contributed by atoms with Gasteiger partial charge >= 0.3 is 0 Å². The fourth-order valence-corrected chi connectivity index (χ4v) is 3.39. The number of nitrogens with zero attached hydrogens (tertiary/aromatic N) is 2. The zero-order chi connectivity index (χ0) is 20.5. The van der Waals surface area contributed by atoms with E-state index >= 15 is 0 Å². The van der Waals surface area contributed by atoms with Crippen LogP contribution in [0.3, 0.4) is 0 Å². The van der Waals surface area contributed by atoms with E-state index < -0.39 is 5.82 Å². The number of nitrogens with one attached hydrogen (secondary N) is 1. The minimum Gasteiger partial charge on any atom is -0.398 e. The molecular formula is C23H19FN4O. The summed E-state index contributed by atoms with van der Waals surface area (Å²) in [5.74, 6) is -0.402. The number of hydrogen-bond donors (Lipinski definition) is 2. The molecule has 144 valence electrons. The van der Waals surface area contributed by atoms with Crippen LogP contribution in [0.4, 0.5) is 10.1 Å². The average molecular weight is 386 g/mol. The number of nitrogen functional groups attached to an aromatic ring is 1. The van der Waals surface area contributed by atoms with E-state index in [9.17, 15) is 9.18 Å². The van der Waals surface area contributed by atoms with Gasteiger partial charge in [-0.2, -0.15) is 0 Å². The molecule has 0 aliphatic rings. The zero-order valence-corrected chi connectivity index (χ0v) is 15.8. The van der Waals surface area contributed by atoms with Gasteiger partial charge in [-0.1, -0.05) is 36.4 Å². The Morgan fingerprint density at radius 3 is 2.55 bits per heavy atom. The van der Waals surface area contributed by atoms with Gasteiger partial charge in [0.25, 0.3) is 5.56 Å². The van der Waals surface area contributed by atoms with E-state index in [1.807, 2.05) is 24.3 Å². The topological polar surface area (TPSA) is 84.8 Å². The number of nitrogens with two attached hydrogens (primary N) is 1. The van der Waals surface area contributed by atoms with Crippen molar-refractivity contribution in [1.82, 2.24) is 9.55 Å². The van der Waals surface area contributed by atoms with Crippen LogP contribution in [0.2, 0.25) is 0 Å². The Bertz CT molecular complexity index is 1310. The molecule has 0 fully saturated rings. The van der Waals surface area contributed by atoms with Crippen LogP contribution in [0.1, 0.15) is 18.1 Å². The highest BCUT2D eigenvalue weighted by molar-refractivity contribution is 6.01. The molecule has 0 amide bonds. The molecular weight excluding hydrogens is 367 g/mol. The van der Waals surface area contributed by atoms with E-state index in [-0.39, 0.29) is 12.1 Å². The van der Waals surface area contributed by atoms with Gasteiger partial charge in [0.05, 0.1) is 23.8 Å². The molecule has 4 rings (SSSR count). The number of para-hydroxylation sites is 2. The van der Waals surface area contributed by atoms with Gasteiger partial charge in [0.2, 0.25) is 0 Å². The standard InChI is InChI=1S/C23H19FN4O/c1-14(25)18-9-8-16(11-20(18)26)15-6-7-17(19(24)10-15)13-28-22-5-3-2-4-21(22)27-12-23(28)29/h2-12,25H,13,26H2,1H3. The lowest BCUT2D eigenvalue weighted by Crippen LogP contribution is -2.21. The summed E-state index contributed by atoms with van der Waals surface area (Å²) in [4.78, 5) is 16.4. The van der Waals surface area contributed by atoms with Crippen LogP contribution in [0.15, 0.2) is 71.7 Å². The summed E-state index contributed by atoms with van der Waals surface area (Å²) in [6.07, 6.45) is 1.25. The Kier molecular flexibility index (Phi) is 4.68. The Balaban J connectivity index is 1.71. The fourth-order valence-electron chi connectivity index (χ4n) is 3.39. The molecule has 0 unspecified atom stereocenters. The van der Waals surface area contributed by atoms with Crippen LogP contribution in [0, 0.1) is 11.2 Å². The molecule has 0 atom stereocenters. The molecule has 0 radical (unpaired) electrons. The van der Waals surface area contributed by atoms with E-state index in [0.717, 1.165) is 5.56 Å². The predicted molar refractivity (Wildman–Crippen MR) is 114 cm³/mol. The van der Waals surface area contributed by atoms with Crippen LogP contribution in [0.5, 0.6) is 0 Å². The van der Waals surface area contributed by atoms with Crippen LogP contribution >= 0.6 is 0 Å². The van der Waals surface area contributed by atoms with Gasteiger partial charge in [-0.3, -0.25) is 4.79 Å². The largest absolute Gasteiger partial charge is 0.398 e. The molecule has 29 heavy (non-hydrogen) atoms. The monoisotopic (exact) mass is 386 g/mol. The van der Waals surface area contributed by atoms with E-state index in [0.29, 0.717) is 39.1 Å². The summed E-state index contributed by atoms with van der Waals surface area (Å²) < 4.78 is 16.4. The molecule has 0 saturated heterocycles. The van der Waals surface area contributed by atoms with E-state index in [2.05, 4.69) is 4.98 Å². The fraction of sp³-hybridized carbons (Fsp3) is 0.0870. The van der Waals surface area contributed by atoms with E-state index in [1.54, 1.807) is 37.3 Å². The Labute approximate surface area is 166 Å². The molecule has 4 aromatic rings. The van der Waals surface area contributed by atoms with Crippen LogP contribution in [-0.4, -0.2) is 15.3 Å². The van der Waals surface area contributed by atoms with Gasteiger partial charge < -0.3 is 15.7 Å². The van der Waals surface area contributed by atoms with E-state index in [4.69, 9.17) is 11.1 Å². The van der Waals surface area contributed by atoms with Crippen molar-refractivity contribution in [3.05, 3.63) is 94.2 Å². The van der Waals surface area contributed by atoms with Gasteiger partial charge in [0, 0.05) is 22.5 Å². The first-order valence-corrected chi connectivity index (χ1v) is 9.12. The normalized spacial score (nSPS) is 11.0. The van der Waals surface area contributed by atoms with Crippen molar-refractivity contribution in [3.63, 3.8) is 0 Å². The van der Waals surface area contributed by atoms with Crippen molar-refractivity contribution >= 4 is 22.4 Å². The summed E-state index contributed by atoms with van der Waals surface area (Å²) in [7, 11) is 0. The molecule has 0 bridgehead atoms. The van der Waals surface area contributed by atoms with Gasteiger partial charge in [0.1, 0.15) is 5.82 Å². The molecule has 5 nitrogen and oxygen atoms in total. The lowest BCUT2D eigenvalue weighted by molar-refractivity contribution is 0.599. The summed E-state index contributed by atoms with van der Waals surface area (Å²) in [6.45, 7) is 1.78. The number of hydrogen-bond acceptors (Lipinski definition) is 4. The van der Waals surface area contributed by atoms with Gasteiger partial charge in [0.15, 0.2) is 0 Å². The van der Waals surface area contributed by atoms with Crippen molar-refractivity contribution in [2.75, 3.05) is 5.73 Å². The Hall–Kier alpha value is -3.80. The highest BCUT2D eigenvalue weighted by Crippen LogP contribution is 2.26. The predicted octanol–water partition coefficient (Wildman–Crippen LogP) is 4.22. The summed E-state index contributed by atoms with van der Waals surface area (Å²) in [5, 5.41) is 7.72. The molecule has 0 saturated carbocycles. The molecule has 0 aliphatic carbocycles. The summed E-state index contributed by atoms with van der Waals surface area (Å²) >= 11 is 0. The smallest absolute Gasteiger partial charge is 0.269 e. The van der Waals surface area contributed by atoms with Crippen LogP contribution < -0.4 is 11.3 Å². The third-order valence-corrected chi connectivity index (χ3v) is 4.92. The maximum atomic E-state index is 14.9. The summed E-state index contributed by atoms with van der Waals surface area (Å²) in [5.41, 5.74) is 10.5. The molecule has 3 N–H and O–H groups in total. The second-order valence-corrected chi connectivity index (χ2v) is 6.90. The highest BCUT2D eigenvalue weighted by atomic mass is 19.1. The maximum Gasteiger partial charge on any atom is 0.269 e. The number of anilines is 1. The third kappa shape index (κ3) is 3.52. The molecule has 1 aromatic heterocycles. The Morgan fingerprint density at radius 2 is 1.83 bits per heavy atom. The number of fused-ring (bicyclic) bond motifs is 1. The van der Waals surface area contributed by atoms with Gasteiger partial charge in [-0.25, -0.2) is 9.37 Å². The lowest BCUT2D eigenvalue weighted by atomic mass is 9.99. The SMILES string of the molecule is CC(=N)c1ccc(-c2ccc(Cn3c(=O)cnc4ccccc43)c(F)c2)cc1N. The van der Waals surface area contributed by atoms with Crippen molar-refractivity contribution in [2.45, 2.75) is 13.5 Å². The minimum atomic E-state index is -0.402. The van der Waals surface area contributed by atoms with Gasteiger partial charge in [-0.15, -0.1) is 0 Å². The van der Waals surface area contributed by atoms with Crippen molar-refractivity contribution < 1.29 is 4.39 Å². The molecule has 3 aromatic carbocycles. The van der Waals surface area contributed by atoms with Crippen LogP contribution in [-0.2, 0) is 6.54 Å². The first-order valence-electron chi connectivity index (χ1n) is 9.12. The molecule has 0 spiro atoms. The minimum absolute atomic E-state index is 0.113. The average Bonchev–Trinajstić information content (AvgIpc) is 2.71. The highest BCUT2D eigenvalue weighted by Gasteiger charge is 2.11. The quantitative estimate of drug-likeness (QED) is 0.407. The maximum absolute atomic E-state index is 14.9. The number of rotatable bonds is 4. The number of aromatic nitrogens is 2. The first-order chi connectivity index (χ1) is 13.9. The van der Waals surface area contributed by atoms with Crippen LogP contribution in [0.25, 0.3) is 22.2 Å². The molecule has 1 heterocycles. The summed E-state index contributed by atoms with van der Waals surface area (Å²) in [6, 6.07) is 17.5. The Morgan fingerprint density at radius 1 is 1.10 bits per heavy atom. The zero-order valence-electron chi connectivity index (χ0n) is 15.8. The first kappa shape index (κ1) is 18.6. The van der Waals surface area contributed by atoms with Gasteiger partial charge in [-0.05, 0) is 42.3 Å². The lowest BCUT2D eigenvalue weighted by Gasteiger charge is -2.12. The molecule has 6 heteroatoms. The van der Waals surface area contributed by atoms with Crippen molar-refractivity contribution in [1.29, 1.82) is 5.41 Å². The van der Waals surface area contributed by atoms with Crippen molar-refractivity contribution in [2.24, 2.45) is 0 Å². The van der Waals surface area contributed by atoms with E-state index in [1.165, 1.54) is 16.8 Å². The number of halogens is 1. The second-order valence-electron chi connectivity index (χ2n) is 6.90. The second kappa shape index (κ2) is 7.31. The van der Waals surface area contributed by atoms with Crippen molar-refractivity contribution in [3.8, 4) is 11.1 Å². The number of benzene rings is 3.